The fraction of sp³-hybridized carbons (Fsp3) is 0.267. The minimum atomic E-state index is 0.166. The van der Waals surface area contributed by atoms with E-state index in [4.69, 9.17) is 15.6 Å². The lowest BCUT2D eigenvalue weighted by Gasteiger charge is -2.08. The van der Waals surface area contributed by atoms with Gasteiger partial charge in [-0.05, 0) is 41.8 Å². The highest BCUT2D eigenvalue weighted by atomic mass is 16.5. The first-order chi connectivity index (χ1) is 9.31. The normalized spacial score (nSPS) is 10.4. The van der Waals surface area contributed by atoms with Gasteiger partial charge < -0.3 is 15.6 Å². The van der Waals surface area contributed by atoms with Crippen LogP contribution in [0.1, 0.15) is 16.8 Å². The van der Waals surface area contributed by atoms with Crippen LogP contribution in [0.5, 0.6) is 5.75 Å². The highest BCUT2D eigenvalue weighted by molar-refractivity contribution is 5.28. The second kappa shape index (κ2) is 6.87. The van der Waals surface area contributed by atoms with Crippen LogP contribution >= 0.6 is 0 Å². The highest BCUT2D eigenvalue weighted by Crippen LogP contribution is 2.14. The molecule has 0 spiro atoms. The fourth-order valence-corrected chi connectivity index (χ4v) is 1.78. The molecule has 3 N–H and O–H groups in total. The molecule has 0 atom stereocenters. The smallest absolute Gasteiger partial charge is 0.119 e. The Bertz CT molecular complexity index is 512. The van der Waals surface area contributed by atoms with Crippen molar-refractivity contribution in [3.8, 4) is 5.75 Å². The van der Waals surface area contributed by atoms with Crippen LogP contribution in [0.4, 0.5) is 0 Å². The molecule has 0 amide bonds. The van der Waals surface area contributed by atoms with Crippen molar-refractivity contribution in [2.75, 3.05) is 6.61 Å². The second-order valence-electron chi connectivity index (χ2n) is 4.27. The fourth-order valence-electron chi connectivity index (χ4n) is 1.78. The molecule has 0 aliphatic heterocycles. The van der Waals surface area contributed by atoms with E-state index in [0.717, 1.165) is 22.6 Å². The summed E-state index contributed by atoms with van der Waals surface area (Å²) in [5.74, 6) is 0.813. The molecular weight excluding hydrogens is 240 g/mol. The molecule has 0 saturated carbocycles. The van der Waals surface area contributed by atoms with E-state index in [-0.39, 0.29) is 6.61 Å². The van der Waals surface area contributed by atoms with E-state index in [1.807, 2.05) is 36.4 Å². The van der Waals surface area contributed by atoms with Crippen LogP contribution in [-0.4, -0.2) is 16.7 Å². The van der Waals surface area contributed by atoms with Crippen molar-refractivity contribution in [1.82, 2.24) is 4.98 Å². The summed E-state index contributed by atoms with van der Waals surface area (Å²) in [5.41, 5.74) is 8.56. The Labute approximate surface area is 112 Å². The number of benzene rings is 1. The van der Waals surface area contributed by atoms with E-state index in [0.29, 0.717) is 19.6 Å². The van der Waals surface area contributed by atoms with E-state index in [1.54, 1.807) is 6.20 Å². The van der Waals surface area contributed by atoms with E-state index < -0.39 is 0 Å². The zero-order valence-corrected chi connectivity index (χ0v) is 10.7. The number of nitrogens with zero attached hydrogens (tertiary/aromatic N) is 1. The Balaban J connectivity index is 1.94. The van der Waals surface area contributed by atoms with Crippen LogP contribution in [0.3, 0.4) is 0 Å². The molecule has 100 valence electrons. The van der Waals surface area contributed by atoms with Gasteiger partial charge in [-0.1, -0.05) is 12.1 Å². The van der Waals surface area contributed by atoms with E-state index in [2.05, 4.69) is 4.98 Å². The van der Waals surface area contributed by atoms with Gasteiger partial charge in [0.15, 0.2) is 0 Å². The molecule has 0 saturated heterocycles. The number of aliphatic hydroxyl groups is 1. The SMILES string of the molecule is NCc1cc(COc2ccc(CCO)cc2)ccn1. The number of hydrogen-bond acceptors (Lipinski definition) is 4. The van der Waals surface area contributed by atoms with Crippen LogP contribution in [-0.2, 0) is 19.6 Å². The quantitative estimate of drug-likeness (QED) is 0.826. The monoisotopic (exact) mass is 258 g/mol. The van der Waals surface area contributed by atoms with Crippen LogP contribution in [0.25, 0.3) is 0 Å². The van der Waals surface area contributed by atoms with Gasteiger partial charge in [0.2, 0.25) is 0 Å². The number of hydrogen-bond donors (Lipinski definition) is 2. The maximum atomic E-state index is 8.84. The van der Waals surface area contributed by atoms with Crippen molar-refractivity contribution in [3.05, 3.63) is 59.4 Å². The molecule has 0 aliphatic rings. The van der Waals surface area contributed by atoms with E-state index in [1.165, 1.54) is 0 Å². The average molecular weight is 258 g/mol. The number of aliphatic hydroxyl groups excluding tert-OH is 1. The molecule has 0 radical (unpaired) electrons. The summed E-state index contributed by atoms with van der Waals surface area (Å²) in [6, 6.07) is 11.6. The summed E-state index contributed by atoms with van der Waals surface area (Å²) in [6.07, 6.45) is 2.41. The van der Waals surface area contributed by atoms with E-state index in [9.17, 15) is 0 Å². The molecule has 19 heavy (non-hydrogen) atoms. The standard InChI is InChI=1S/C15H18N2O2/c16-10-14-9-13(5-7-17-14)11-19-15-3-1-12(2-4-15)6-8-18/h1-5,7,9,18H,6,8,10-11,16H2. The average Bonchev–Trinajstić information content (AvgIpc) is 2.47. The maximum Gasteiger partial charge on any atom is 0.119 e. The Kier molecular flexibility index (Phi) is 4.89. The number of nitrogens with two attached hydrogens (primary N) is 1. The predicted molar refractivity (Wildman–Crippen MR) is 73.7 cm³/mol. The minimum Gasteiger partial charge on any atom is -0.489 e. The Morgan fingerprint density at radius 2 is 1.89 bits per heavy atom. The summed E-state index contributed by atoms with van der Waals surface area (Å²) in [5, 5.41) is 8.84. The van der Waals surface area contributed by atoms with Crippen molar-refractivity contribution in [3.63, 3.8) is 0 Å². The lowest BCUT2D eigenvalue weighted by atomic mass is 10.1. The molecule has 2 aromatic rings. The number of rotatable bonds is 6. The summed E-state index contributed by atoms with van der Waals surface area (Å²) in [7, 11) is 0. The van der Waals surface area contributed by atoms with E-state index >= 15 is 0 Å². The number of ether oxygens (including phenoxy) is 1. The van der Waals surface area contributed by atoms with Gasteiger partial charge in [-0.3, -0.25) is 4.98 Å². The predicted octanol–water partition coefficient (Wildman–Crippen LogP) is 1.65. The highest BCUT2D eigenvalue weighted by Gasteiger charge is 1.99. The zero-order valence-electron chi connectivity index (χ0n) is 10.7. The van der Waals surface area contributed by atoms with Gasteiger partial charge in [-0.2, -0.15) is 0 Å². The molecule has 4 nitrogen and oxygen atoms in total. The minimum absolute atomic E-state index is 0.166. The lowest BCUT2D eigenvalue weighted by molar-refractivity contribution is 0.298. The van der Waals surface area contributed by atoms with Gasteiger partial charge in [0.05, 0.1) is 5.69 Å². The molecule has 0 unspecified atom stereocenters. The third kappa shape index (κ3) is 4.05. The molecule has 1 aromatic carbocycles. The molecule has 4 heteroatoms. The molecule has 1 aromatic heterocycles. The second-order valence-corrected chi connectivity index (χ2v) is 4.27. The largest absolute Gasteiger partial charge is 0.489 e. The lowest BCUT2D eigenvalue weighted by Crippen LogP contribution is -2.02. The summed E-state index contributed by atoms with van der Waals surface area (Å²) in [6.45, 7) is 1.09. The molecule has 1 heterocycles. The van der Waals surface area contributed by atoms with Crippen molar-refractivity contribution in [2.24, 2.45) is 5.73 Å². The third-order valence-corrected chi connectivity index (χ3v) is 2.82. The van der Waals surface area contributed by atoms with Crippen molar-refractivity contribution < 1.29 is 9.84 Å². The van der Waals surface area contributed by atoms with Gasteiger partial charge in [0.1, 0.15) is 12.4 Å². The van der Waals surface area contributed by atoms with Gasteiger partial charge in [-0.25, -0.2) is 0 Å². The third-order valence-electron chi connectivity index (χ3n) is 2.82. The van der Waals surface area contributed by atoms with Crippen molar-refractivity contribution >= 4 is 0 Å². The van der Waals surface area contributed by atoms with Crippen molar-refractivity contribution in [1.29, 1.82) is 0 Å². The van der Waals surface area contributed by atoms with Gasteiger partial charge in [0.25, 0.3) is 0 Å². The summed E-state index contributed by atoms with van der Waals surface area (Å²) < 4.78 is 5.69. The van der Waals surface area contributed by atoms with Crippen LogP contribution in [0, 0.1) is 0 Å². The number of aromatic nitrogens is 1. The molecule has 0 fully saturated rings. The van der Waals surface area contributed by atoms with Gasteiger partial charge in [-0.15, -0.1) is 0 Å². The molecular formula is C15H18N2O2. The van der Waals surface area contributed by atoms with Crippen LogP contribution in [0.15, 0.2) is 42.6 Å². The molecule has 0 bridgehead atoms. The summed E-state index contributed by atoms with van der Waals surface area (Å²) in [4.78, 5) is 4.14. The van der Waals surface area contributed by atoms with Crippen LogP contribution < -0.4 is 10.5 Å². The first kappa shape index (κ1) is 13.5. The molecule has 2 rings (SSSR count). The Morgan fingerprint density at radius 3 is 2.58 bits per heavy atom. The zero-order chi connectivity index (χ0) is 13.5. The van der Waals surface area contributed by atoms with Gasteiger partial charge in [0, 0.05) is 19.3 Å². The van der Waals surface area contributed by atoms with Crippen LogP contribution in [0.2, 0.25) is 0 Å². The van der Waals surface area contributed by atoms with Gasteiger partial charge >= 0.3 is 0 Å². The maximum absolute atomic E-state index is 8.84. The first-order valence-electron chi connectivity index (χ1n) is 6.28. The topological polar surface area (TPSA) is 68.4 Å². The Morgan fingerprint density at radius 1 is 1.11 bits per heavy atom. The van der Waals surface area contributed by atoms with Crippen molar-refractivity contribution in [2.45, 2.75) is 19.6 Å². The Hall–Kier alpha value is -1.91. The number of pyridine rings is 1. The first-order valence-corrected chi connectivity index (χ1v) is 6.28. The molecule has 0 aliphatic carbocycles. The summed E-state index contributed by atoms with van der Waals surface area (Å²) >= 11 is 0.